The second-order valence-corrected chi connectivity index (χ2v) is 7.05. The highest BCUT2D eigenvalue weighted by atomic mass is 32.2. The summed E-state index contributed by atoms with van der Waals surface area (Å²) in [6.45, 7) is 0.464. The van der Waals surface area contributed by atoms with E-state index in [-0.39, 0.29) is 11.0 Å². The molecule has 0 bridgehead atoms. The lowest BCUT2D eigenvalue weighted by Gasteiger charge is -2.13. The van der Waals surface area contributed by atoms with Gasteiger partial charge in [-0.1, -0.05) is 6.07 Å². The summed E-state index contributed by atoms with van der Waals surface area (Å²) < 4.78 is 22.0. The number of nitrogens with two attached hydrogens (primary N) is 1. The lowest BCUT2D eigenvalue weighted by molar-refractivity contribution is 0.603. The van der Waals surface area contributed by atoms with Crippen LogP contribution in [0.15, 0.2) is 24.4 Å². The molecule has 1 rings (SSSR count). The Morgan fingerprint density at radius 2 is 2.25 bits per heavy atom. The summed E-state index contributed by atoms with van der Waals surface area (Å²) in [5.74, 6) is 0.734. The van der Waals surface area contributed by atoms with Crippen LogP contribution < -0.4 is 5.73 Å². The zero-order chi connectivity index (χ0) is 12.0. The minimum atomic E-state index is -2.89. The molecule has 16 heavy (non-hydrogen) atoms. The number of rotatable bonds is 6. The summed E-state index contributed by atoms with van der Waals surface area (Å²) in [6, 6.07) is 5.66. The maximum atomic E-state index is 11.0. The molecule has 1 atom stereocenters. The van der Waals surface area contributed by atoms with Crippen LogP contribution in [0.4, 0.5) is 0 Å². The summed E-state index contributed by atoms with van der Waals surface area (Å²) in [7, 11) is -2.89. The molecule has 0 aliphatic carbocycles. The molecular formula is C10H16N2O2S2. The molecule has 0 radical (unpaired) electrons. The normalized spacial score (nSPS) is 13.6. The van der Waals surface area contributed by atoms with Crippen LogP contribution in [0.2, 0.25) is 0 Å². The second kappa shape index (κ2) is 6.22. The van der Waals surface area contributed by atoms with Crippen molar-refractivity contribution in [1.82, 2.24) is 4.98 Å². The van der Waals surface area contributed by atoms with Crippen molar-refractivity contribution in [3.63, 3.8) is 0 Å². The van der Waals surface area contributed by atoms with Crippen molar-refractivity contribution in [2.75, 3.05) is 24.3 Å². The fourth-order valence-electron chi connectivity index (χ4n) is 1.18. The van der Waals surface area contributed by atoms with Gasteiger partial charge in [0.2, 0.25) is 0 Å². The molecule has 0 spiro atoms. The summed E-state index contributed by atoms with van der Waals surface area (Å²) >= 11 is 1.53. The van der Waals surface area contributed by atoms with Gasteiger partial charge >= 0.3 is 0 Å². The first kappa shape index (κ1) is 13.5. The van der Waals surface area contributed by atoms with Gasteiger partial charge in [0.15, 0.2) is 0 Å². The van der Waals surface area contributed by atoms with Gasteiger partial charge in [0.05, 0.1) is 16.7 Å². The minimum Gasteiger partial charge on any atom is -0.329 e. The van der Waals surface area contributed by atoms with Crippen LogP contribution in [0.1, 0.15) is 10.9 Å². The molecular weight excluding hydrogens is 244 g/mol. The van der Waals surface area contributed by atoms with Gasteiger partial charge in [-0.25, -0.2) is 8.42 Å². The maximum absolute atomic E-state index is 11.0. The molecule has 0 saturated heterocycles. The van der Waals surface area contributed by atoms with Crippen LogP contribution in [0, 0.1) is 0 Å². The number of aromatic nitrogens is 1. The van der Waals surface area contributed by atoms with E-state index in [1.165, 1.54) is 18.0 Å². The largest absolute Gasteiger partial charge is 0.329 e. The molecule has 0 aliphatic rings. The molecule has 1 heterocycles. The first-order chi connectivity index (χ1) is 7.53. The number of hydrogen-bond acceptors (Lipinski definition) is 5. The third-order valence-electron chi connectivity index (χ3n) is 2.00. The highest BCUT2D eigenvalue weighted by molar-refractivity contribution is 8.00. The van der Waals surface area contributed by atoms with Gasteiger partial charge in [0.25, 0.3) is 0 Å². The van der Waals surface area contributed by atoms with E-state index < -0.39 is 9.84 Å². The Balaban J connectivity index is 2.51. The van der Waals surface area contributed by atoms with E-state index in [2.05, 4.69) is 4.98 Å². The van der Waals surface area contributed by atoms with E-state index in [1.54, 1.807) is 6.20 Å². The lowest BCUT2D eigenvalue weighted by atomic mass is 10.3. The van der Waals surface area contributed by atoms with Crippen molar-refractivity contribution in [2.24, 2.45) is 5.73 Å². The van der Waals surface area contributed by atoms with Crippen LogP contribution in [-0.2, 0) is 9.84 Å². The highest BCUT2D eigenvalue weighted by Crippen LogP contribution is 2.25. The number of nitrogens with zero attached hydrogens (tertiary/aromatic N) is 1. The van der Waals surface area contributed by atoms with Crippen molar-refractivity contribution < 1.29 is 8.42 Å². The van der Waals surface area contributed by atoms with Crippen molar-refractivity contribution in [2.45, 2.75) is 5.25 Å². The summed E-state index contributed by atoms with van der Waals surface area (Å²) in [4.78, 5) is 4.21. The van der Waals surface area contributed by atoms with Crippen molar-refractivity contribution in [3.05, 3.63) is 30.1 Å². The predicted octanol–water partition coefficient (Wildman–Crippen LogP) is 0.859. The fourth-order valence-corrected chi connectivity index (χ4v) is 3.51. The molecule has 0 fully saturated rings. The monoisotopic (exact) mass is 260 g/mol. The number of thioether (sulfide) groups is 1. The Kier molecular flexibility index (Phi) is 5.24. The Hall–Kier alpha value is -0.590. The fraction of sp³-hybridized carbons (Fsp3) is 0.500. The van der Waals surface area contributed by atoms with E-state index in [0.29, 0.717) is 12.3 Å². The van der Waals surface area contributed by atoms with Crippen LogP contribution in [-0.4, -0.2) is 37.7 Å². The van der Waals surface area contributed by atoms with E-state index in [1.807, 2.05) is 18.2 Å². The van der Waals surface area contributed by atoms with Gasteiger partial charge in [0, 0.05) is 24.8 Å². The van der Waals surface area contributed by atoms with Crippen molar-refractivity contribution in [3.8, 4) is 0 Å². The van der Waals surface area contributed by atoms with Gasteiger partial charge in [-0.05, 0) is 12.1 Å². The quantitative estimate of drug-likeness (QED) is 0.821. The van der Waals surface area contributed by atoms with Crippen molar-refractivity contribution in [1.29, 1.82) is 0 Å². The molecule has 90 valence electrons. The van der Waals surface area contributed by atoms with E-state index in [4.69, 9.17) is 5.73 Å². The Morgan fingerprint density at radius 1 is 1.50 bits per heavy atom. The van der Waals surface area contributed by atoms with Crippen LogP contribution in [0.3, 0.4) is 0 Å². The van der Waals surface area contributed by atoms with Crippen LogP contribution in [0.25, 0.3) is 0 Å². The number of pyridine rings is 1. The molecule has 1 aromatic rings. The smallest absolute Gasteiger partial charge is 0.148 e. The topological polar surface area (TPSA) is 73.0 Å². The Labute approximate surface area is 101 Å². The van der Waals surface area contributed by atoms with E-state index >= 15 is 0 Å². The van der Waals surface area contributed by atoms with Gasteiger partial charge in [0.1, 0.15) is 9.84 Å². The van der Waals surface area contributed by atoms with Crippen LogP contribution >= 0.6 is 11.8 Å². The zero-order valence-corrected chi connectivity index (χ0v) is 10.8. The zero-order valence-electron chi connectivity index (χ0n) is 9.17. The molecule has 1 aromatic heterocycles. The first-order valence-corrected chi connectivity index (χ1v) is 8.04. The van der Waals surface area contributed by atoms with Gasteiger partial charge < -0.3 is 5.73 Å². The summed E-state index contributed by atoms with van der Waals surface area (Å²) in [5.41, 5.74) is 6.55. The molecule has 0 saturated carbocycles. The molecule has 4 nitrogen and oxygen atoms in total. The van der Waals surface area contributed by atoms with Crippen LogP contribution in [0.5, 0.6) is 0 Å². The third kappa shape index (κ3) is 4.96. The van der Waals surface area contributed by atoms with E-state index in [0.717, 1.165) is 5.69 Å². The average molecular weight is 260 g/mol. The highest BCUT2D eigenvalue weighted by Gasteiger charge is 2.12. The summed E-state index contributed by atoms with van der Waals surface area (Å²) in [5, 5.41) is 0.0722. The Morgan fingerprint density at radius 3 is 2.75 bits per heavy atom. The SMILES string of the molecule is CS(=O)(=O)CCSC(CN)c1ccccn1. The maximum Gasteiger partial charge on any atom is 0.148 e. The number of hydrogen-bond donors (Lipinski definition) is 1. The van der Waals surface area contributed by atoms with Gasteiger partial charge in [-0.15, -0.1) is 11.8 Å². The molecule has 0 amide bonds. The number of sulfone groups is 1. The lowest BCUT2D eigenvalue weighted by Crippen LogP contribution is -2.13. The van der Waals surface area contributed by atoms with Gasteiger partial charge in [-0.2, -0.15) is 0 Å². The predicted molar refractivity (Wildman–Crippen MR) is 68.2 cm³/mol. The van der Waals surface area contributed by atoms with Gasteiger partial charge in [-0.3, -0.25) is 4.98 Å². The Bertz CT molecular complexity index is 406. The molecule has 6 heteroatoms. The van der Waals surface area contributed by atoms with E-state index in [9.17, 15) is 8.42 Å². The standard InChI is InChI=1S/C10H16N2O2S2/c1-16(13,14)7-6-15-10(8-11)9-4-2-3-5-12-9/h2-5,10H,6-8,11H2,1H3. The average Bonchev–Trinajstić information content (AvgIpc) is 2.24. The third-order valence-corrected chi connectivity index (χ3v) is 4.49. The first-order valence-electron chi connectivity index (χ1n) is 4.93. The molecule has 1 unspecified atom stereocenters. The van der Waals surface area contributed by atoms with Crippen molar-refractivity contribution >= 4 is 21.6 Å². The molecule has 0 aliphatic heterocycles. The summed E-state index contributed by atoms with van der Waals surface area (Å²) in [6.07, 6.45) is 2.96. The molecule has 0 aromatic carbocycles. The minimum absolute atomic E-state index is 0.0722. The molecule has 2 N–H and O–H groups in total. The second-order valence-electron chi connectivity index (χ2n) is 3.48.